The molecular formula is C13H25N3O2. The standard InChI is InChI=1S/C13H25N3O2/c1-11(10-14)13(18)15-7-6-12(17)16-8-4-2-3-5-9-16/h11H,2-10,14H2,1H3,(H,15,18). The molecule has 1 heterocycles. The molecule has 0 aliphatic carbocycles. The summed E-state index contributed by atoms with van der Waals surface area (Å²) in [6.45, 7) is 4.27. The van der Waals surface area contributed by atoms with E-state index < -0.39 is 0 Å². The molecular weight excluding hydrogens is 230 g/mol. The molecule has 1 fully saturated rings. The highest BCUT2D eigenvalue weighted by Crippen LogP contribution is 2.10. The molecule has 1 saturated heterocycles. The summed E-state index contributed by atoms with van der Waals surface area (Å²) in [6.07, 6.45) is 5.02. The van der Waals surface area contributed by atoms with Crippen molar-refractivity contribution in [3.63, 3.8) is 0 Å². The van der Waals surface area contributed by atoms with E-state index in [0.717, 1.165) is 25.9 Å². The first-order chi connectivity index (χ1) is 8.65. The summed E-state index contributed by atoms with van der Waals surface area (Å²) in [7, 11) is 0. The topological polar surface area (TPSA) is 75.4 Å². The molecule has 1 atom stereocenters. The highest BCUT2D eigenvalue weighted by Gasteiger charge is 2.16. The van der Waals surface area contributed by atoms with E-state index in [4.69, 9.17) is 5.73 Å². The minimum Gasteiger partial charge on any atom is -0.355 e. The average molecular weight is 255 g/mol. The molecule has 0 bridgehead atoms. The Bertz CT molecular complexity index is 273. The predicted octanol–water partition coefficient (Wildman–Crippen LogP) is 0.490. The maximum Gasteiger partial charge on any atom is 0.224 e. The maximum absolute atomic E-state index is 11.9. The Kier molecular flexibility index (Phi) is 6.72. The van der Waals surface area contributed by atoms with Gasteiger partial charge in [0, 0.05) is 38.5 Å². The molecule has 5 nitrogen and oxygen atoms in total. The van der Waals surface area contributed by atoms with Gasteiger partial charge in [0.15, 0.2) is 0 Å². The molecule has 5 heteroatoms. The Hall–Kier alpha value is -1.10. The number of nitrogens with one attached hydrogen (secondary N) is 1. The van der Waals surface area contributed by atoms with Gasteiger partial charge in [-0.2, -0.15) is 0 Å². The minimum absolute atomic E-state index is 0.0684. The number of amides is 2. The van der Waals surface area contributed by atoms with Crippen molar-refractivity contribution in [2.75, 3.05) is 26.2 Å². The molecule has 1 aliphatic heterocycles. The van der Waals surface area contributed by atoms with Gasteiger partial charge >= 0.3 is 0 Å². The van der Waals surface area contributed by atoms with Gasteiger partial charge in [-0.05, 0) is 12.8 Å². The predicted molar refractivity (Wildman–Crippen MR) is 70.9 cm³/mol. The van der Waals surface area contributed by atoms with E-state index in [0.29, 0.717) is 19.5 Å². The normalized spacial score (nSPS) is 18.0. The molecule has 3 N–H and O–H groups in total. The van der Waals surface area contributed by atoms with Gasteiger partial charge < -0.3 is 16.0 Å². The first-order valence-electron chi connectivity index (χ1n) is 6.90. The molecule has 0 saturated carbocycles. The van der Waals surface area contributed by atoms with Gasteiger partial charge in [-0.3, -0.25) is 9.59 Å². The second kappa shape index (κ2) is 8.08. The minimum atomic E-state index is -0.182. The van der Waals surface area contributed by atoms with Crippen LogP contribution in [-0.4, -0.2) is 42.9 Å². The van der Waals surface area contributed by atoms with Gasteiger partial charge in [0.25, 0.3) is 0 Å². The van der Waals surface area contributed by atoms with Crippen LogP contribution in [0.3, 0.4) is 0 Å². The molecule has 0 spiro atoms. The van der Waals surface area contributed by atoms with Gasteiger partial charge in [0.2, 0.25) is 11.8 Å². The van der Waals surface area contributed by atoms with Crippen LogP contribution in [0.15, 0.2) is 0 Å². The number of likely N-dealkylation sites (tertiary alicyclic amines) is 1. The molecule has 2 amide bonds. The third-order valence-electron chi connectivity index (χ3n) is 3.40. The SMILES string of the molecule is CC(CN)C(=O)NCCC(=O)N1CCCCCC1. The quantitative estimate of drug-likeness (QED) is 0.750. The van der Waals surface area contributed by atoms with E-state index in [-0.39, 0.29) is 17.7 Å². The average Bonchev–Trinajstić information content (AvgIpc) is 2.66. The van der Waals surface area contributed by atoms with Crippen LogP contribution >= 0.6 is 0 Å². The van der Waals surface area contributed by atoms with Gasteiger partial charge in [-0.1, -0.05) is 19.8 Å². The number of nitrogens with two attached hydrogens (primary N) is 1. The second-order valence-corrected chi connectivity index (χ2v) is 4.97. The van der Waals surface area contributed by atoms with Crippen molar-refractivity contribution >= 4 is 11.8 Å². The Morgan fingerprint density at radius 3 is 2.39 bits per heavy atom. The van der Waals surface area contributed by atoms with Crippen LogP contribution < -0.4 is 11.1 Å². The fourth-order valence-electron chi connectivity index (χ4n) is 2.05. The number of nitrogens with zero attached hydrogens (tertiary/aromatic N) is 1. The van der Waals surface area contributed by atoms with E-state index in [9.17, 15) is 9.59 Å². The van der Waals surface area contributed by atoms with Crippen molar-refractivity contribution in [2.45, 2.75) is 39.0 Å². The zero-order chi connectivity index (χ0) is 13.4. The molecule has 0 radical (unpaired) electrons. The maximum atomic E-state index is 11.9. The number of rotatable bonds is 5. The van der Waals surface area contributed by atoms with Crippen molar-refractivity contribution in [2.24, 2.45) is 11.7 Å². The summed E-state index contributed by atoms with van der Waals surface area (Å²) in [4.78, 5) is 25.3. The van der Waals surface area contributed by atoms with Crippen molar-refractivity contribution < 1.29 is 9.59 Å². The lowest BCUT2D eigenvalue weighted by atomic mass is 10.1. The number of carbonyl (C=O) groups is 2. The fourth-order valence-corrected chi connectivity index (χ4v) is 2.05. The summed E-state index contributed by atoms with van der Waals surface area (Å²) < 4.78 is 0. The fraction of sp³-hybridized carbons (Fsp3) is 0.846. The Labute approximate surface area is 109 Å². The molecule has 0 aromatic carbocycles. The summed E-state index contributed by atoms with van der Waals surface area (Å²) >= 11 is 0. The smallest absolute Gasteiger partial charge is 0.224 e. The van der Waals surface area contributed by atoms with Crippen molar-refractivity contribution in [3.05, 3.63) is 0 Å². The van der Waals surface area contributed by atoms with E-state index in [1.165, 1.54) is 12.8 Å². The Balaban J connectivity index is 2.21. The molecule has 104 valence electrons. The van der Waals surface area contributed by atoms with E-state index in [2.05, 4.69) is 5.32 Å². The third kappa shape index (κ3) is 5.04. The zero-order valence-electron chi connectivity index (χ0n) is 11.3. The molecule has 1 aliphatic rings. The molecule has 18 heavy (non-hydrogen) atoms. The second-order valence-electron chi connectivity index (χ2n) is 4.97. The zero-order valence-corrected chi connectivity index (χ0v) is 11.3. The number of hydrogen-bond donors (Lipinski definition) is 2. The van der Waals surface area contributed by atoms with Crippen LogP contribution in [0.1, 0.15) is 39.0 Å². The van der Waals surface area contributed by atoms with Gasteiger partial charge in [-0.25, -0.2) is 0 Å². The molecule has 1 unspecified atom stereocenters. The van der Waals surface area contributed by atoms with Gasteiger partial charge in [-0.15, -0.1) is 0 Å². The Morgan fingerprint density at radius 1 is 1.22 bits per heavy atom. The lowest BCUT2D eigenvalue weighted by molar-refractivity contribution is -0.131. The van der Waals surface area contributed by atoms with Crippen LogP contribution in [-0.2, 0) is 9.59 Å². The lowest BCUT2D eigenvalue weighted by Crippen LogP contribution is -2.37. The first-order valence-corrected chi connectivity index (χ1v) is 6.90. The summed E-state index contributed by atoms with van der Waals surface area (Å²) in [5.41, 5.74) is 5.40. The summed E-state index contributed by atoms with van der Waals surface area (Å²) in [5.74, 6) is -0.0999. The monoisotopic (exact) mass is 255 g/mol. The van der Waals surface area contributed by atoms with Crippen molar-refractivity contribution in [1.82, 2.24) is 10.2 Å². The van der Waals surface area contributed by atoms with Gasteiger partial charge in [0.1, 0.15) is 0 Å². The van der Waals surface area contributed by atoms with Crippen molar-refractivity contribution in [3.8, 4) is 0 Å². The molecule has 0 aromatic heterocycles. The highest BCUT2D eigenvalue weighted by molar-refractivity contribution is 5.80. The van der Waals surface area contributed by atoms with Crippen LogP contribution in [0.2, 0.25) is 0 Å². The third-order valence-corrected chi connectivity index (χ3v) is 3.40. The summed E-state index contributed by atoms with van der Waals surface area (Å²) in [6, 6.07) is 0. The van der Waals surface area contributed by atoms with E-state index in [1.54, 1.807) is 6.92 Å². The van der Waals surface area contributed by atoms with Crippen molar-refractivity contribution in [1.29, 1.82) is 0 Å². The summed E-state index contributed by atoms with van der Waals surface area (Å²) in [5, 5.41) is 2.75. The van der Waals surface area contributed by atoms with Crippen LogP contribution in [0.25, 0.3) is 0 Å². The largest absolute Gasteiger partial charge is 0.355 e. The van der Waals surface area contributed by atoms with E-state index in [1.807, 2.05) is 4.90 Å². The van der Waals surface area contributed by atoms with Crippen LogP contribution in [0, 0.1) is 5.92 Å². The highest BCUT2D eigenvalue weighted by atomic mass is 16.2. The number of hydrogen-bond acceptors (Lipinski definition) is 3. The number of carbonyl (C=O) groups excluding carboxylic acids is 2. The Morgan fingerprint density at radius 2 is 1.83 bits per heavy atom. The van der Waals surface area contributed by atoms with Crippen LogP contribution in [0.4, 0.5) is 0 Å². The van der Waals surface area contributed by atoms with E-state index >= 15 is 0 Å². The van der Waals surface area contributed by atoms with Gasteiger partial charge in [0.05, 0.1) is 0 Å². The van der Waals surface area contributed by atoms with Crippen LogP contribution in [0.5, 0.6) is 0 Å². The first kappa shape index (κ1) is 15.0. The molecule has 0 aromatic rings. The lowest BCUT2D eigenvalue weighted by Gasteiger charge is -2.20. The molecule has 1 rings (SSSR count).